The Morgan fingerprint density at radius 1 is 1.70 bits per heavy atom. The summed E-state index contributed by atoms with van der Waals surface area (Å²) in [4.78, 5) is 5.06. The van der Waals surface area contributed by atoms with Crippen LogP contribution in [0, 0.1) is 0 Å². The van der Waals surface area contributed by atoms with Crippen molar-refractivity contribution in [2.45, 2.75) is 25.2 Å². The Balaban J connectivity index is 2.46. The summed E-state index contributed by atoms with van der Waals surface area (Å²) in [6.45, 7) is 3.75. The molecule has 1 heterocycles. The van der Waals surface area contributed by atoms with Crippen LogP contribution in [0.1, 0.15) is 6.42 Å². The van der Waals surface area contributed by atoms with Crippen molar-refractivity contribution in [3.05, 3.63) is 24.3 Å². The third-order valence-electron chi connectivity index (χ3n) is 2.06. The van der Waals surface area contributed by atoms with Crippen LogP contribution in [-0.4, -0.2) is 18.4 Å². The van der Waals surface area contributed by atoms with Gasteiger partial charge in [-0.2, -0.15) is 0 Å². The van der Waals surface area contributed by atoms with E-state index in [-0.39, 0.29) is 0 Å². The second kappa shape index (κ2) is 3.12. The molecule has 0 aromatic rings. The van der Waals surface area contributed by atoms with Gasteiger partial charge in [-0.1, -0.05) is 0 Å². The predicted octanol–water partition coefficient (Wildman–Crippen LogP) is 3.21. The van der Waals surface area contributed by atoms with E-state index in [2.05, 4.69) is 22.5 Å². The fourth-order valence-electron chi connectivity index (χ4n) is 1.52. The van der Waals surface area contributed by atoms with Gasteiger partial charge in [0.25, 0.3) is 0 Å². The molecule has 56 valence electrons. The van der Waals surface area contributed by atoms with Crippen molar-refractivity contribution in [2.24, 2.45) is 0 Å². The van der Waals surface area contributed by atoms with Gasteiger partial charge >= 0.3 is 67.9 Å². The molecule has 0 saturated heterocycles. The molecular weight excluding hydrogens is 227 g/mol. The van der Waals surface area contributed by atoms with Gasteiger partial charge in [-0.25, -0.2) is 0 Å². The zero-order valence-corrected chi connectivity index (χ0v) is 9.84. The van der Waals surface area contributed by atoms with E-state index in [1.54, 1.807) is 5.57 Å². The van der Waals surface area contributed by atoms with Gasteiger partial charge in [0.15, 0.2) is 0 Å². The summed E-state index contributed by atoms with van der Waals surface area (Å²) in [5.41, 5.74) is 1.66. The Bertz CT molecular complexity index is 166. The molecule has 1 heteroatoms. The summed E-state index contributed by atoms with van der Waals surface area (Å²) in [6.07, 6.45) is 5.62. The summed E-state index contributed by atoms with van der Waals surface area (Å²) < 4.78 is 2.93. The van der Waals surface area contributed by atoms with Gasteiger partial charge in [-0.15, -0.1) is 0 Å². The molecule has 0 bridgehead atoms. The van der Waals surface area contributed by atoms with Crippen LogP contribution < -0.4 is 0 Å². The minimum absolute atomic E-state index is 1.14. The average molecular weight is 243 g/mol. The fraction of sp³-hybridized carbons (Fsp3) is 0.556. The summed E-state index contributed by atoms with van der Waals surface area (Å²) in [7, 11) is 0. The molecule has 0 fully saturated rings. The average Bonchev–Trinajstić information content (AvgIpc) is 2.12. The second-order valence-electron chi connectivity index (χ2n) is 3.90. The van der Waals surface area contributed by atoms with Crippen LogP contribution in [0.25, 0.3) is 0 Å². The third-order valence-corrected chi connectivity index (χ3v) is 9.82. The van der Waals surface area contributed by atoms with Crippen LogP contribution in [0.15, 0.2) is 24.3 Å². The molecule has 0 aromatic heterocycles. The molecule has 0 nitrogen and oxygen atoms in total. The van der Waals surface area contributed by atoms with E-state index in [1.807, 2.05) is 6.08 Å². The minimum atomic E-state index is -1.45. The van der Waals surface area contributed by atoms with Crippen molar-refractivity contribution in [2.75, 3.05) is 0 Å². The van der Waals surface area contributed by atoms with Crippen LogP contribution in [0.2, 0.25) is 18.8 Å². The van der Waals surface area contributed by atoms with Crippen LogP contribution in [0.5, 0.6) is 0 Å². The maximum atomic E-state index is 3.75. The molecule has 1 aliphatic rings. The fourth-order valence-corrected chi connectivity index (χ4v) is 8.67. The first-order chi connectivity index (χ1) is 4.64. The van der Waals surface area contributed by atoms with E-state index < -0.39 is 18.4 Å². The number of rotatable bonds is 2. The molecule has 1 rings (SSSR count). The van der Waals surface area contributed by atoms with Crippen LogP contribution >= 0.6 is 0 Å². The molecule has 0 unspecified atom stereocenters. The van der Waals surface area contributed by atoms with Crippen molar-refractivity contribution < 1.29 is 0 Å². The summed E-state index contributed by atoms with van der Waals surface area (Å²) in [5.74, 6) is 0. The summed E-state index contributed by atoms with van der Waals surface area (Å²) in [5, 5.41) is 0. The van der Waals surface area contributed by atoms with E-state index in [4.69, 9.17) is 0 Å². The zero-order valence-electron chi connectivity index (χ0n) is 6.98. The number of hydrogen-bond donors (Lipinski definition) is 0. The maximum absolute atomic E-state index is 3.75. The number of allylic oxidation sites excluding steroid dienone is 3. The summed E-state index contributed by atoms with van der Waals surface area (Å²) >= 11 is -1.45. The number of hydrogen-bond acceptors (Lipinski definition) is 0. The molecule has 0 N–H and O–H groups in total. The SMILES string of the molecule is C=CCC1=C[CH2][Sn]([CH3])([CH3])[CH2]1. The molecule has 10 heavy (non-hydrogen) atoms. The normalized spacial score (nSPS) is 22.4. The predicted molar refractivity (Wildman–Crippen MR) is 50.0 cm³/mol. The molecule has 1 aliphatic heterocycles. The Labute approximate surface area is 67.9 Å². The van der Waals surface area contributed by atoms with Gasteiger partial charge in [-0.3, -0.25) is 0 Å². The quantitative estimate of drug-likeness (QED) is 0.516. The Hall–Kier alpha value is 0.279. The van der Waals surface area contributed by atoms with E-state index in [9.17, 15) is 0 Å². The first-order valence-corrected chi connectivity index (χ1v) is 13.7. The van der Waals surface area contributed by atoms with E-state index in [0.717, 1.165) is 6.42 Å². The molecule has 0 amide bonds. The van der Waals surface area contributed by atoms with Gasteiger partial charge in [0.1, 0.15) is 0 Å². The van der Waals surface area contributed by atoms with Gasteiger partial charge in [0.05, 0.1) is 0 Å². The monoisotopic (exact) mass is 244 g/mol. The van der Waals surface area contributed by atoms with Gasteiger partial charge < -0.3 is 0 Å². The molecule has 0 aromatic carbocycles. The van der Waals surface area contributed by atoms with Gasteiger partial charge in [0, 0.05) is 0 Å². The van der Waals surface area contributed by atoms with Crippen molar-refractivity contribution in [3.63, 3.8) is 0 Å². The van der Waals surface area contributed by atoms with Crippen LogP contribution in [0.3, 0.4) is 0 Å². The van der Waals surface area contributed by atoms with E-state index in [0.29, 0.717) is 0 Å². The van der Waals surface area contributed by atoms with Crippen molar-refractivity contribution in [3.8, 4) is 0 Å². The molecule has 0 atom stereocenters. The van der Waals surface area contributed by atoms with Crippen molar-refractivity contribution in [1.29, 1.82) is 0 Å². The Kier molecular flexibility index (Phi) is 2.61. The standard InChI is InChI=1S/C7H10.2CH3.Sn/c1-4-6-7(3)5-2;;;/h4-5H,1-3,6H2;2*1H3;. The van der Waals surface area contributed by atoms with Crippen molar-refractivity contribution in [1.82, 2.24) is 0 Å². The second-order valence-corrected chi connectivity index (χ2v) is 18.4. The molecule has 0 spiro atoms. The van der Waals surface area contributed by atoms with Crippen molar-refractivity contribution >= 4 is 18.4 Å². The molecule has 0 radical (unpaired) electrons. The first-order valence-electron chi connectivity index (χ1n) is 3.93. The van der Waals surface area contributed by atoms with Gasteiger partial charge in [0.2, 0.25) is 0 Å². The Morgan fingerprint density at radius 3 is 2.80 bits per heavy atom. The summed E-state index contributed by atoms with van der Waals surface area (Å²) in [6, 6.07) is 0. The topological polar surface area (TPSA) is 0 Å². The van der Waals surface area contributed by atoms with Gasteiger partial charge in [-0.05, 0) is 0 Å². The molecule has 0 saturated carbocycles. The first kappa shape index (κ1) is 8.38. The van der Waals surface area contributed by atoms with Crippen LogP contribution in [0.4, 0.5) is 0 Å². The molecular formula is C9H16Sn. The van der Waals surface area contributed by atoms with E-state index in [1.165, 1.54) is 8.87 Å². The third kappa shape index (κ3) is 2.15. The van der Waals surface area contributed by atoms with Crippen LogP contribution in [-0.2, 0) is 0 Å². The molecule has 0 aliphatic carbocycles. The van der Waals surface area contributed by atoms with E-state index >= 15 is 0 Å². The zero-order chi connectivity index (χ0) is 7.61. The Morgan fingerprint density at radius 2 is 2.40 bits per heavy atom.